The summed E-state index contributed by atoms with van der Waals surface area (Å²) in [6.45, 7) is 0.587. The lowest BCUT2D eigenvalue weighted by Gasteiger charge is -2.22. The van der Waals surface area contributed by atoms with Crippen molar-refractivity contribution in [2.75, 3.05) is 34.9 Å². The maximum Gasteiger partial charge on any atom is 0.131 e. The molecule has 0 saturated heterocycles. The van der Waals surface area contributed by atoms with Gasteiger partial charge in [0.15, 0.2) is 0 Å². The molecule has 1 unspecified atom stereocenters. The van der Waals surface area contributed by atoms with Crippen LogP contribution in [-0.2, 0) is 0 Å². The van der Waals surface area contributed by atoms with Gasteiger partial charge in [-0.2, -0.15) is 0 Å². The molecule has 0 radical (unpaired) electrons. The maximum atomic E-state index is 5.64. The van der Waals surface area contributed by atoms with Gasteiger partial charge in [0.25, 0.3) is 0 Å². The maximum absolute atomic E-state index is 5.64. The first-order valence-electron chi connectivity index (χ1n) is 5.89. The molecule has 0 aliphatic heterocycles. The van der Waals surface area contributed by atoms with E-state index in [1.807, 2.05) is 19.2 Å². The summed E-state index contributed by atoms with van der Waals surface area (Å²) in [5.74, 6) is 2.17. The van der Waals surface area contributed by atoms with Gasteiger partial charge in [0.1, 0.15) is 17.2 Å². The minimum absolute atomic E-state index is 0.0887. The number of nitrogens with one attached hydrogen (secondary N) is 1. The highest BCUT2D eigenvalue weighted by Crippen LogP contribution is 2.39. The van der Waals surface area contributed by atoms with Crippen molar-refractivity contribution in [1.29, 1.82) is 0 Å². The van der Waals surface area contributed by atoms with Gasteiger partial charge in [0, 0.05) is 18.2 Å². The summed E-state index contributed by atoms with van der Waals surface area (Å²) in [5.41, 5.74) is 6.60. The second-order valence-electron chi connectivity index (χ2n) is 3.86. The second kappa shape index (κ2) is 7.08. The van der Waals surface area contributed by atoms with Crippen LogP contribution < -0.4 is 25.3 Å². The van der Waals surface area contributed by atoms with E-state index in [-0.39, 0.29) is 6.04 Å². The number of methoxy groups -OCH3 is 3. The van der Waals surface area contributed by atoms with E-state index in [1.54, 1.807) is 21.3 Å². The van der Waals surface area contributed by atoms with Gasteiger partial charge in [-0.25, -0.2) is 0 Å². The molecule has 0 fully saturated rings. The van der Waals surface area contributed by atoms with Gasteiger partial charge in [-0.05, 0) is 20.0 Å². The number of hydrogen-bond donors (Lipinski definition) is 2. The molecular weight excluding hydrogens is 232 g/mol. The van der Waals surface area contributed by atoms with Crippen LogP contribution in [0.3, 0.4) is 0 Å². The van der Waals surface area contributed by atoms with Crippen LogP contribution in [0.5, 0.6) is 17.2 Å². The molecule has 0 spiro atoms. The Kier molecular flexibility index (Phi) is 5.74. The van der Waals surface area contributed by atoms with Gasteiger partial charge in [-0.1, -0.05) is 0 Å². The fourth-order valence-corrected chi connectivity index (χ4v) is 1.98. The smallest absolute Gasteiger partial charge is 0.131 e. The molecule has 0 amide bonds. The molecule has 0 bridgehead atoms. The number of hydrogen-bond acceptors (Lipinski definition) is 5. The van der Waals surface area contributed by atoms with Crippen LogP contribution in [-0.4, -0.2) is 34.9 Å². The molecule has 102 valence electrons. The Morgan fingerprint density at radius 1 is 1.11 bits per heavy atom. The van der Waals surface area contributed by atoms with E-state index in [2.05, 4.69) is 5.32 Å². The van der Waals surface area contributed by atoms with Crippen LogP contribution in [0.15, 0.2) is 12.1 Å². The summed E-state index contributed by atoms with van der Waals surface area (Å²) in [4.78, 5) is 0. The first-order valence-corrected chi connectivity index (χ1v) is 5.89. The molecule has 0 saturated carbocycles. The first-order chi connectivity index (χ1) is 8.71. The molecule has 1 atom stereocenters. The lowest BCUT2D eigenvalue weighted by molar-refractivity contribution is 0.358. The Bertz CT molecular complexity index is 357. The van der Waals surface area contributed by atoms with Crippen molar-refractivity contribution in [2.24, 2.45) is 5.73 Å². The molecule has 1 aromatic carbocycles. The van der Waals surface area contributed by atoms with E-state index in [0.29, 0.717) is 12.3 Å². The molecule has 0 aromatic heterocycles. The van der Waals surface area contributed by atoms with Crippen LogP contribution in [0.25, 0.3) is 0 Å². The summed E-state index contributed by atoms with van der Waals surface area (Å²) in [5, 5.41) is 3.23. The second-order valence-corrected chi connectivity index (χ2v) is 3.86. The Labute approximate surface area is 108 Å². The fourth-order valence-electron chi connectivity index (χ4n) is 1.98. The number of rotatable bonds is 7. The van der Waals surface area contributed by atoms with Crippen LogP contribution >= 0.6 is 0 Å². The highest BCUT2D eigenvalue weighted by molar-refractivity contribution is 5.52. The van der Waals surface area contributed by atoms with Gasteiger partial charge in [-0.3, -0.25) is 0 Å². The Balaban J connectivity index is 3.28. The first kappa shape index (κ1) is 14.6. The molecule has 5 heteroatoms. The topological polar surface area (TPSA) is 65.7 Å². The van der Waals surface area contributed by atoms with Crippen LogP contribution in [0, 0.1) is 0 Å². The predicted octanol–water partition coefficient (Wildman–Crippen LogP) is 1.32. The van der Waals surface area contributed by atoms with Crippen molar-refractivity contribution < 1.29 is 14.2 Å². The quantitative estimate of drug-likeness (QED) is 0.768. The third-order valence-corrected chi connectivity index (χ3v) is 2.91. The normalized spacial score (nSPS) is 12.1. The lowest BCUT2D eigenvalue weighted by Crippen LogP contribution is -2.21. The zero-order valence-corrected chi connectivity index (χ0v) is 11.4. The summed E-state index contributed by atoms with van der Waals surface area (Å²) in [6.07, 6.45) is 0.801. The highest BCUT2D eigenvalue weighted by atomic mass is 16.5. The van der Waals surface area contributed by atoms with Crippen molar-refractivity contribution in [3.63, 3.8) is 0 Å². The zero-order chi connectivity index (χ0) is 13.5. The Morgan fingerprint density at radius 3 is 2.00 bits per heavy atom. The summed E-state index contributed by atoms with van der Waals surface area (Å²) < 4.78 is 16.1. The summed E-state index contributed by atoms with van der Waals surface area (Å²) in [6, 6.07) is 3.78. The number of ether oxygens (including phenoxy) is 3. The van der Waals surface area contributed by atoms with Crippen molar-refractivity contribution >= 4 is 0 Å². The van der Waals surface area contributed by atoms with Crippen molar-refractivity contribution in [3.05, 3.63) is 17.7 Å². The summed E-state index contributed by atoms with van der Waals surface area (Å²) >= 11 is 0. The van der Waals surface area contributed by atoms with Crippen molar-refractivity contribution in [3.8, 4) is 17.2 Å². The fraction of sp³-hybridized carbons (Fsp3) is 0.538. The van der Waals surface area contributed by atoms with Crippen molar-refractivity contribution in [2.45, 2.75) is 12.5 Å². The largest absolute Gasteiger partial charge is 0.496 e. The van der Waals surface area contributed by atoms with Crippen LogP contribution in [0.1, 0.15) is 18.0 Å². The standard InChI is InChI=1S/C13H22N2O3/c1-15-10(5-6-14)13-11(17-3)7-9(16-2)8-12(13)18-4/h7-8,10,15H,5-6,14H2,1-4H3. The monoisotopic (exact) mass is 254 g/mol. The molecular formula is C13H22N2O3. The third-order valence-electron chi connectivity index (χ3n) is 2.91. The molecule has 1 aromatic rings. The zero-order valence-electron chi connectivity index (χ0n) is 11.4. The molecule has 1 rings (SSSR count). The average Bonchev–Trinajstić information content (AvgIpc) is 2.43. The van der Waals surface area contributed by atoms with E-state index in [9.17, 15) is 0 Å². The number of benzene rings is 1. The van der Waals surface area contributed by atoms with Gasteiger partial charge in [-0.15, -0.1) is 0 Å². The Hall–Kier alpha value is -1.46. The van der Waals surface area contributed by atoms with Gasteiger partial charge in [0.2, 0.25) is 0 Å². The SMILES string of the molecule is CNC(CCN)c1c(OC)cc(OC)cc1OC. The molecule has 0 aliphatic rings. The predicted molar refractivity (Wildman–Crippen MR) is 71.6 cm³/mol. The molecule has 3 N–H and O–H groups in total. The average molecular weight is 254 g/mol. The minimum atomic E-state index is 0.0887. The van der Waals surface area contributed by atoms with Crippen LogP contribution in [0.4, 0.5) is 0 Å². The van der Waals surface area contributed by atoms with E-state index in [0.717, 1.165) is 23.5 Å². The number of nitrogens with two attached hydrogens (primary N) is 1. The lowest BCUT2D eigenvalue weighted by atomic mass is 10.0. The van der Waals surface area contributed by atoms with Gasteiger partial charge in [0.05, 0.1) is 26.9 Å². The molecule has 18 heavy (non-hydrogen) atoms. The van der Waals surface area contributed by atoms with E-state index in [4.69, 9.17) is 19.9 Å². The minimum Gasteiger partial charge on any atom is -0.496 e. The van der Waals surface area contributed by atoms with Gasteiger partial charge >= 0.3 is 0 Å². The van der Waals surface area contributed by atoms with E-state index < -0.39 is 0 Å². The van der Waals surface area contributed by atoms with E-state index >= 15 is 0 Å². The molecule has 5 nitrogen and oxygen atoms in total. The summed E-state index contributed by atoms with van der Waals surface area (Å²) in [7, 11) is 6.77. The molecule has 0 heterocycles. The molecule has 0 aliphatic carbocycles. The third kappa shape index (κ3) is 3.05. The highest BCUT2D eigenvalue weighted by Gasteiger charge is 2.20. The van der Waals surface area contributed by atoms with Gasteiger partial charge < -0.3 is 25.3 Å². The Morgan fingerprint density at radius 2 is 1.67 bits per heavy atom. The van der Waals surface area contributed by atoms with E-state index in [1.165, 1.54) is 0 Å². The van der Waals surface area contributed by atoms with Crippen molar-refractivity contribution in [1.82, 2.24) is 5.32 Å². The van der Waals surface area contributed by atoms with Crippen LogP contribution in [0.2, 0.25) is 0 Å².